The van der Waals surface area contributed by atoms with Crippen molar-refractivity contribution in [1.29, 1.82) is 0 Å². The van der Waals surface area contributed by atoms with Gasteiger partial charge >= 0.3 is 0 Å². The first-order chi connectivity index (χ1) is 8.80. The van der Waals surface area contributed by atoms with Crippen molar-refractivity contribution in [3.63, 3.8) is 0 Å². The Morgan fingerprint density at radius 3 is 2.68 bits per heavy atom. The lowest BCUT2D eigenvalue weighted by Crippen LogP contribution is -2.53. The molecule has 0 bridgehead atoms. The minimum absolute atomic E-state index is 0.127. The summed E-state index contributed by atoms with van der Waals surface area (Å²) in [5.41, 5.74) is 0.382. The van der Waals surface area contributed by atoms with E-state index in [0.717, 1.165) is 4.90 Å². The van der Waals surface area contributed by atoms with Crippen LogP contribution in [0.1, 0.15) is 17.3 Å². The number of nitrogens with zero attached hydrogens (tertiary/aromatic N) is 1. The number of rotatable bonds is 4. The molecule has 1 aliphatic rings. The van der Waals surface area contributed by atoms with Crippen LogP contribution in [-0.4, -0.2) is 54.4 Å². The maximum atomic E-state index is 12.2. The summed E-state index contributed by atoms with van der Waals surface area (Å²) in [4.78, 5) is 13.2. The van der Waals surface area contributed by atoms with E-state index in [1.54, 1.807) is 18.2 Å². The first kappa shape index (κ1) is 13.9. The number of ether oxygens (including phenoxy) is 2. The van der Waals surface area contributed by atoms with Gasteiger partial charge in [0.05, 0.1) is 6.04 Å². The Morgan fingerprint density at radius 2 is 2.05 bits per heavy atom. The first-order valence-electron chi connectivity index (χ1n) is 5.71. The maximum absolute atomic E-state index is 12.2. The van der Waals surface area contributed by atoms with Crippen molar-refractivity contribution in [3.8, 4) is 11.5 Å². The number of benzene rings is 1. The molecule has 0 amide bonds. The zero-order valence-electron chi connectivity index (χ0n) is 10.7. The van der Waals surface area contributed by atoms with Crippen molar-refractivity contribution in [2.75, 3.05) is 13.8 Å². The predicted octanol–water partition coefficient (Wildman–Crippen LogP) is -0.317. The molecule has 100 valence electrons. The van der Waals surface area contributed by atoms with E-state index < -0.39 is 11.9 Å². The fourth-order valence-electron chi connectivity index (χ4n) is 1.75. The highest BCUT2D eigenvalue weighted by Crippen LogP contribution is 2.33. The third kappa shape index (κ3) is 2.73. The van der Waals surface area contributed by atoms with E-state index in [0.29, 0.717) is 17.1 Å². The molecule has 0 fully saturated rings. The highest BCUT2D eigenvalue weighted by atomic mass is 16.7. The van der Waals surface area contributed by atoms with Gasteiger partial charge < -0.3 is 19.7 Å². The van der Waals surface area contributed by atoms with Gasteiger partial charge in [-0.15, -0.1) is 0 Å². The fraction of sp³-hybridized carbons (Fsp3) is 0.417. The molecule has 2 N–H and O–H groups in total. The molecule has 0 spiro atoms. The molecule has 0 saturated carbocycles. The zero-order chi connectivity index (χ0) is 14.2. The monoisotopic (exact) mass is 263 g/mol. The molecule has 1 aliphatic heterocycles. The summed E-state index contributed by atoms with van der Waals surface area (Å²) in [5.74, 6) is -1.78. The Morgan fingerprint density at radius 1 is 1.42 bits per heavy atom. The normalized spacial score (nSPS) is 15.6. The number of ketones is 1. The smallest absolute Gasteiger partial charge is 0.231 e. The SMILES string of the molecule is [B]C(O)(O)N(C)[C@H](C)C(=O)c1ccc2c(c1)OCO2. The average Bonchev–Trinajstić information content (AvgIpc) is 2.82. The second-order valence-corrected chi connectivity index (χ2v) is 4.41. The number of carbonyl (C=O) groups excluding carboxylic acids is 1. The summed E-state index contributed by atoms with van der Waals surface area (Å²) >= 11 is 0. The van der Waals surface area contributed by atoms with Crippen LogP contribution in [0.2, 0.25) is 0 Å². The molecular weight excluding hydrogens is 249 g/mol. The van der Waals surface area contributed by atoms with Crippen LogP contribution in [0.4, 0.5) is 0 Å². The summed E-state index contributed by atoms with van der Waals surface area (Å²) in [5, 5.41) is 18.5. The number of fused-ring (bicyclic) bond motifs is 1. The van der Waals surface area contributed by atoms with Gasteiger partial charge in [0.2, 0.25) is 6.79 Å². The number of aliphatic hydroxyl groups is 2. The van der Waals surface area contributed by atoms with Crippen LogP contribution in [0.15, 0.2) is 18.2 Å². The molecular formula is C12H14BNO5. The summed E-state index contributed by atoms with van der Waals surface area (Å²) in [6.07, 6.45) is 0. The molecule has 1 heterocycles. The highest BCUT2D eigenvalue weighted by Gasteiger charge is 2.31. The molecule has 1 aromatic rings. The number of likely N-dealkylation sites (N-methyl/N-ethyl adjacent to an activating group) is 1. The summed E-state index contributed by atoms with van der Waals surface area (Å²) < 4.78 is 10.3. The van der Waals surface area contributed by atoms with Crippen LogP contribution in [-0.2, 0) is 0 Å². The minimum Gasteiger partial charge on any atom is -0.454 e. The Labute approximate surface area is 112 Å². The van der Waals surface area contributed by atoms with Gasteiger partial charge in [-0.25, -0.2) is 0 Å². The van der Waals surface area contributed by atoms with E-state index >= 15 is 0 Å². The van der Waals surface area contributed by atoms with Crippen LogP contribution >= 0.6 is 0 Å². The van der Waals surface area contributed by atoms with Gasteiger partial charge in [0, 0.05) is 5.56 Å². The van der Waals surface area contributed by atoms with Crippen molar-refractivity contribution in [2.45, 2.75) is 18.8 Å². The minimum atomic E-state index is -2.55. The van der Waals surface area contributed by atoms with Crippen LogP contribution < -0.4 is 9.47 Å². The van der Waals surface area contributed by atoms with Crippen molar-refractivity contribution >= 4 is 13.6 Å². The Balaban J connectivity index is 2.20. The first-order valence-corrected chi connectivity index (χ1v) is 5.71. The summed E-state index contributed by atoms with van der Waals surface area (Å²) in [7, 11) is 6.47. The number of hydrogen-bond acceptors (Lipinski definition) is 6. The van der Waals surface area contributed by atoms with Gasteiger partial charge in [-0.05, 0) is 32.2 Å². The standard InChI is InChI=1S/C12H14BNO5/c1-7(14(2)12(13,16)17)11(15)8-3-4-9-10(5-8)19-6-18-9/h3-5,7,16-17H,6H2,1-2H3/t7-/m1/s1. The average molecular weight is 263 g/mol. The fourth-order valence-corrected chi connectivity index (χ4v) is 1.75. The number of carbonyl (C=O) groups is 1. The number of Topliss-reactive ketones (excluding diaryl/α,β-unsaturated/α-hetero) is 1. The highest BCUT2D eigenvalue weighted by molar-refractivity contribution is 6.13. The molecule has 0 aliphatic carbocycles. The molecule has 0 aromatic heterocycles. The number of hydrogen-bond donors (Lipinski definition) is 2. The van der Waals surface area contributed by atoms with Gasteiger partial charge in [0.15, 0.2) is 30.9 Å². The Kier molecular flexibility index (Phi) is 3.53. The lowest BCUT2D eigenvalue weighted by atomic mass is 9.97. The van der Waals surface area contributed by atoms with E-state index in [1.807, 2.05) is 0 Å². The van der Waals surface area contributed by atoms with Crippen molar-refractivity contribution in [2.24, 2.45) is 0 Å². The quantitative estimate of drug-likeness (QED) is 0.440. The van der Waals surface area contributed by atoms with Crippen LogP contribution in [0.3, 0.4) is 0 Å². The van der Waals surface area contributed by atoms with Crippen molar-refractivity contribution in [1.82, 2.24) is 4.90 Å². The second-order valence-electron chi connectivity index (χ2n) is 4.41. The molecule has 1 atom stereocenters. The van der Waals surface area contributed by atoms with Gasteiger partial charge in [-0.3, -0.25) is 9.69 Å². The molecule has 1 aromatic carbocycles. The van der Waals surface area contributed by atoms with E-state index in [4.69, 9.17) is 17.3 Å². The third-order valence-corrected chi connectivity index (χ3v) is 3.14. The Hall–Kier alpha value is -1.57. The summed E-state index contributed by atoms with van der Waals surface area (Å²) in [6, 6.07) is 3.98. The predicted molar refractivity (Wildman–Crippen MR) is 67.0 cm³/mol. The lowest BCUT2D eigenvalue weighted by Gasteiger charge is -2.33. The van der Waals surface area contributed by atoms with Gasteiger partial charge in [0.1, 0.15) is 0 Å². The topological polar surface area (TPSA) is 79.2 Å². The molecule has 2 radical (unpaired) electrons. The molecule has 2 rings (SSSR count). The van der Waals surface area contributed by atoms with Crippen molar-refractivity contribution < 1.29 is 24.5 Å². The molecule has 0 saturated heterocycles. The lowest BCUT2D eigenvalue weighted by molar-refractivity contribution is -0.194. The molecule has 7 heteroatoms. The largest absolute Gasteiger partial charge is 0.454 e. The van der Waals surface area contributed by atoms with Gasteiger partial charge in [-0.2, -0.15) is 0 Å². The van der Waals surface area contributed by atoms with E-state index in [1.165, 1.54) is 14.0 Å². The van der Waals surface area contributed by atoms with Gasteiger partial charge in [0.25, 0.3) is 0 Å². The van der Waals surface area contributed by atoms with Crippen LogP contribution in [0.5, 0.6) is 11.5 Å². The molecule has 0 unspecified atom stereocenters. The summed E-state index contributed by atoms with van der Waals surface area (Å²) in [6.45, 7) is 1.66. The third-order valence-electron chi connectivity index (χ3n) is 3.14. The second kappa shape index (κ2) is 4.84. The van der Waals surface area contributed by atoms with Crippen LogP contribution in [0, 0.1) is 0 Å². The van der Waals surface area contributed by atoms with E-state index in [-0.39, 0.29) is 12.6 Å². The van der Waals surface area contributed by atoms with Crippen LogP contribution in [0.25, 0.3) is 0 Å². The van der Waals surface area contributed by atoms with Crippen molar-refractivity contribution in [3.05, 3.63) is 23.8 Å². The molecule has 19 heavy (non-hydrogen) atoms. The van der Waals surface area contributed by atoms with E-state index in [9.17, 15) is 15.0 Å². The Bertz CT molecular complexity index is 499. The zero-order valence-corrected chi connectivity index (χ0v) is 10.7. The van der Waals surface area contributed by atoms with Gasteiger partial charge in [-0.1, -0.05) is 0 Å². The van der Waals surface area contributed by atoms with E-state index in [2.05, 4.69) is 0 Å². The molecule has 6 nitrogen and oxygen atoms in total. The maximum Gasteiger partial charge on any atom is 0.231 e.